The van der Waals surface area contributed by atoms with E-state index in [0.717, 1.165) is 57.0 Å². The van der Waals surface area contributed by atoms with Crippen LogP contribution < -0.4 is 10.2 Å². The number of hydrogen-bond acceptors (Lipinski definition) is 5. The number of nitrogens with one attached hydrogen (secondary N) is 1. The monoisotopic (exact) mass is 292 g/mol. The van der Waals surface area contributed by atoms with Crippen LogP contribution >= 0.6 is 0 Å². The van der Waals surface area contributed by atoms with Gasteiger partial charge in [0, 0.05) is 31.1 Å². The highest BCUT2D eigenvalue weighted by Gasteiger charge is 2.28. The minimum Gasteiger partial charge on any atom is -0.393 e. The van der Waals surface area contributed by atoms with Crippen molar-refractivity contribution in [2.24, 2.45) is 5.92 Å². The van der Waals surface area contributed by atoms with Crippen molar-refractivity contribution >= 4 is 11.6 Å². The van der Waals surface area contributed by atoms with E-state index in [1.54, 1.807) is 6.33 Å². The van der Waals surface area contributed by atoms with Crippen LogP contribution in [-0.2, 0) is 6.42 Å². The summed E-state index contributed by atoms with van der Waals surface area (Å²) in [5, 5.41) is 13.2. The zero-order valence-electron chi connectivity index (χ0n) is 13.5. The molecule has 0 bridgehead atoms. The third-order valence-corrected chi connectivity index (χ3v) is 4.17. The minimum atomic E-state index is -0.246. The van der Waals surface area contributed by atoms with Crippen LogP contribution in [0.15, 0.2) is 6.33 Å². The molecule has 2 atom stereocenters. The summed E-state index contributed by atoms with van der Waals surface area (Å²) in [7, 11) is 0. The Morgan fingerprint density at radius 2 is 2.19 bits per heavy atom. The van der Waals surface area contributed by atoms with Crippen LogP contribution in [0.3, 0.4) is 0 Å². The van der Waals surface area contributed by atoms with Gasteiger partial charge in [-0.2, -0.15) is 0 Å². The molecular weight excluding hydrogens is 264 g/mol. The van der Waals surface area contributed by atoms with Crippen molar-refractivity contribution in [1.82, 2.24) is 9.97 Å². The lowest BCUT2D eigenvalue weighted by Gasteiger charge is -2.23. The predicted octanol–water partition coefficient (Wildman–Crippen LogP) is 2.46. The van der Waals surface area contributed by atoms with E-state index < -0.39 is 0 Å². The van der Waals surface area contributed by atoms with Gasteiger partial charge in [-0.05, 0) is 26.2 Å². The second kappa shape index (κ2) is 7.59. The Hall–Kier alpha value is -1.36. The summed E-state index contributed by atoms with van der Waals surface area (Å²) in [6, 6.07) is 0. The first-order valence-corrected chi connectivity index (χ1v) is 8.18. The van der Waals surface area contributed by atoms with Crippen LogP contribution in [0.4, 0.5) is 11.6 Å². The van der Waals surface area contributed by atoms with E-state index in [4.69, 9.17) is 0 Å². The fraction of sp³-hybridized carbons (Fsp3) is 0.750. The van der Waals surface area contributed by atoms with Gasteiger partial charge in [0.15, 0.2) is 0 Å². The van der Waals surface area contributed by atoms with E-state index in [9.17, 15) is 5.11 Å². The van der Waals surface area contributed by atoms with Gasteiger partial charge < -0.3 is 15.3 Å². The van der Waals surface area contributed by atoms with Crippen molar-refractivity contribution in [3.63, 3.8) is 0 Å². The Bertz CT molecular complexity index is 450. The maximum Gasteiger partial charge on any atom is 0.137 e. The standard InChI is InChI=1S/C16H28N4O/c1-4-6-14-15(17-8-5-2)18-11-19-16(14)20-9-7-13(10-20)12(3)21/h11-13,21H,4-10H2,1-3H3,(H,17,18,19). The van der Waals surface area contributed by atoms with Crippen molar-refractivity contribution in [2.75, 3.05) is 29.9 Å². The van der Waals surface area contributed by atoms with Gasteiger partial charge in [0.05, 0.1) is 6.10 Å². The number of aromatic nitrogens is 2. The van der Waals surface area contributed by atoms with Crippen LogP contribution in [0.2, 0.25) is 0 Å². The molecule has 21 heavy (non-hydrogen) atoms. The molecule has 1 saturated heterocycles. The van der Waals surface area contributed by atoms with Gasteiger partial charge in [-0.15, -0.1) is 0 Å². The molecule has 0 radical (unpaired) electrons. The first kappa shape index (κ1) is 16.0. The highest BCUT2D eigenvalue weighted by Crippen LogP contribution is 2.30. The maximum atomic E-state index is 9.79. The topological polar surface area (TPSA) is 61.3 Å². The number of aliphatic hydroxyl groups is 1. The van der Waals surface area contributed by atoms with Gasteiger partial charge in [0.25, 0.3) is 0 Å². The van der Waals surface area contributed by atoms with Crippen molar-refractivity contribution in [3.05, 3.63) is 11.9 Å². The molecule has 0 aromatic carbocycles. The number of rotatable bonds is 7. The van der Waals surface area contributed by atoms with E-state index in [1.165, 1.54) is 5.56 Å². The smallest absolute Gasteiger partial charge is 0.137 e. The summed E-state index contributed by atoms with van der Waals surface area (Å²) in [5.74, 6) is 2.37. The summed E-state index contributed by atoms with van der Waals surface area (Å²) in [4.78, 5) is 11.3. The molecule has 0 saturated carbocycles. The normalized spacial score (nSPS) is 19.8. The molecule has 1 aliphatic heterocycles. The molecule has 2 rings (SSSR count). The maximum absolute atomic E-state index is 9.79. The molecule has 2 unspecified atom stereocenters. The van der Waals surface area contributed by atoms with Gasteiger partial charge >= 0.3 is 0 Å². The van der Waals surface area contributed by atoms with E-state index in [1.807, 2.05) is 6.92 Å². The van der Waals surface area contributed by atoms with Crippen LogP contribution in [0.25, 0.3) is 0 Å². The SMILES string of the molecule is CCCNc1ncnc(N2CCC(C(C)O)C2)c1CCC. The van der Waals surface area contributed by atoms with Crippen molar-refractivity contribution in [3.8, 4) is 0 Å². The summed E-state index contributed by atoms with van der Waals surface area (Å²) in [6.07, 6.45) is 5.59. The Kier molecular flexibility index (Phi) is 5.79. The van der Waals surface area contributed by atoms with Gasteiger partial charge in [0.2, 0.25) is 0 Å². The first-order chi connectivity index (χ1) is 10.2. The summed E-state index contributed by atoms with van der Waals surface area (Å²) in [5.41, 5.74) is 1.22. The summed E-state index contributed by atoms with van der Waals surface area (Å²) >= 11 is 0. The number of hydrogen-bond donors (Lipinski definition) is 2. The third-order valence-electron chi connectivity index (χ3n) is 4.17. The van der Waals surface area contributed by atoms with Crippen LogP contribution in [0.1, 0.15) is 45.6 Å². The predicted molar refractivity (Wildman–Crippen MR) is 86.8 cm³/mol. The molecule has 5 nitrogen and oxygen atoms in total. The minimum absolute atomic E-state index is 0.246. The lowest BCUT2D eigenvalue weighted by atomic mass is 10.0. The van der Waals surface area contributed by atoms with Crippen LogP contribution in [-0.4, -0.2) is 40.8 Å². The highest BCUT2D eigenvalue weighted by molar-refractivity contribution is 5.59. The summed E-state index contributed by atoms with van der Waals surface area (Å²) in [6.45, 7) is 9.01. The zero-order chi connectivity index (χ0) is 15.2. The van der Waals surface area contributed by atoms with E-state index in [2.05, 4.69) is 34.0 Å². The highest BCUT2D eigenvalue weighted by atomic mass is 16.3. The molecule has 1 aromatic heterocycles. The van der Waals surface area contributed by atoms with Crippen molar-refractivity contribution in [2.45, 2.75) is 52.6 Å². The first-order valence-electron chi connectivity index (χ1n) is 8.18. The van der Waals surface area contributed by atoms with Crippen molar-refractivity contribution in [1.29, 1.82) is 0 Å². The van der Waals surface area contributed by atoms with Gasteiger partial charge in [0.1, 0.15) is 18.0 Å². The molecule has 0 spiro atoms. The van der Waals surface area contributed by atoms with Crippen LogP contribution in [0.5, 0.6) is 0 Å². The second-order valence-electron chi connectivity index (χ2n) is 5.94. The van der Waals surface area contributed by atoms with Crippen LogP contribution in [0, 0.1) is 5.92 Å². The molecule has 1 aromatic rings. The lowest BCUT2D eigenvalue weighted by molar-refractivity contribution is 0.136. The van der Waals surface area contributed by atoms with E-state index in [0.29, 0.717) is 5.92 Å². The molecule has 2 heterocycles. The lowest BCUT2D eigenvalue weighted by Crippen LogP contribution is -2.26. The van der Waals surface area contributed by atoms with Crippen molar-refractivity contribution < 1.29 is 5.11 Å². The number of aliphatic hydroxyl groups excluding tert-OH is 1. The van der Waals surface area contributed by atoms with Gasteiger partial charge in [-0.1, -0.05) is 20.3 Å². The third kappa shape index (κ3) is 3.84. The van der Waals surface area contributed by atoms with E-state index in [-0.39, 0.29) is 6.10 Å². The molecular formula is C16H28N4O. The molecule has 2 N–H and O–H groups in total. The summed E-state index contributed by atoms with van der Waals surface area (Å²) < 4.78 is 0. The second-order valence-corrected chi connectivity index (χ2v) is 5.94. The van der Waals surface area contributed by atoms with E-state index >= 15 is 0 Å². The molecule has 5 heteroatoms. The average Bonchev–Trinajstić information content (AvgIpc) is 2.96. The quantitative estimate of drug-likeness (QED) is 0.808. The Balaban J connectivity index is 2.22. The molecule has 0 amide bonds. The Labute approximate surface area is 127 Å². The Morgan fingerprint density at radius 1 is 1.38 bits per heavy atom. The Morgan fingerprint density at radius 3 is 2.81 bits per heavy atom. The molecule has 1 aliphatic rings. The largest absolute Gasteiger partial charge is 0.393 e. The molecule has 0 aliphatic carbocycles. The fourth-order valence-corrected chi connectivity index (χ4v) is 2.92. The van der Waals surface area contributed by atoms with Gasteiger partial charge in [-0.3, -0.25) is 0 Å². The number of anilines is 2. The fourth-order valence-electron chi connectivity index (χ4n) is 2.92. The molecule has 1 fully saturated rings. The number of nitrogens with zero attached hydrogens (tertiary/aromatic N) is 3. The molecule has 118 valence electrons. The average molecular weight is 292 g/mol. The zero-order valence-corrected chi connectivity index (χ0v) is 13.5. The van der Waals surface area contributed by atoms with Gasteiger partial charge in [-0.25, -0.2) is 9.97 Å².